The van der Waals surface area contributed by atoms with Crippen molar-refractivity contribution in [3.8, 4) is 0 Å². The first-order chi connectivity index (χ1) is 8.01. The summed E-state index contributed by atoms with van der Waals surface area (Å²) in [4.78, 5) is 0. The Hall–Kier alpha value is -0.130. The molecule has 5 heteroatoms. The van der Waals surface area contributed by atoms with Crippen LogP contribution in [0.1, 0.15) is 39.5 Å². The van der Waals surface area contributed by atoms with Crippen molar-refractivity contribution >= 4 is 10.0 Å². The van der Waals surface area contributed by atoms with E-state index in [1.807, 2.05) is 14.0 Å². The van der Waals surface area contributed by atoms with Gasteiger partial charge in [0, 0.05) is 12.6 Å². The molecule has 1 aliphatic rings. The van der Waals surface area contributed by atoms with Crippen molar-refractivity contribution < 1.29 is 8.42 Å². The fourth-order valence-electron chi connectivity index (χ4n) is 2.42. The monoisotopic (exact) mass is 262 g/mol. The number of nitrogens with zero attached hydrogens (tertiary/aromatic N) is 1. The van der Waals surface area contributed by atoms with Gasteiger partial charge in [-0.15, -0.1) is 0 Å². The molecule has 1 fully saturated rings. The molecule has 4 nitrogen and oxygen atoms in total. The van der Waals surface area contributed by atoms with E-state index in [9.17, 15) is 8.42 Å². The highest BCUT2D eigenvalue weighted by atomic mass is 32.2. The minimum absolute atomic E-state index is 0.178. The van der Waals surface area contributed by atoms with Gasteiger partial charge in [-0.2, -0.15) is 4.31 Å². The van der Waals surface area contributed by atoms with Gasteiger partial charge in [-0.25, -0.2) is 8.42 Å². The molecule has 102 valence electrons. The summed E-state index contributed by atoms with van der Waals surface area (Å²) >= 11 is 0. The molecule has 1 rings (SSSR count). The van der Waals surface area contributed by atoms with Gasteiger partial charge in [0.1, 0.15) is 0 Å². The summed E-state index contributed by atoms with van der Waals surface area (Å²) in [7, 11) is -1.20. The fraction of sp³-hybridized carbons (Fsp3) is 1.00. The summed E-state index contributed by atoms with van der Waals surface area (Å²) in [6, 6.07) is 0.178. The highest BCUT2D eigenvalue weighted by Crippen LogP contribution is 2.26. The van der Waals surface area contributed by atoms with Crippen LogP contribution in [0.4, 0.5) is 0 Å². The molecule has 17 heavy (non-hydrogen) atoms. The molecular formula is C12H26N2O2S. The Labute approximate surface area is 106 Å². The second-order valence-corrected chi connectivity index (χ2v) is 7.08. The summed E-state index contributed by atoms with van der Waals surface area (Å²) < 4.78 is 26.2. The van der Waals surface area contributed by atoms with E-state index in [4.69, 9.17) is 0 Å². The van der Waals surface area contributed by atoms with Gasteiger partial charge in [-0.3, -0.25) is 0 Å². The molecule has 0 amide bonds. The maximum atomic E-state index is 12.2. The lowest BCUT2D eigenvalue weighted by molar-refractivity contribution is 0.203. The predicted molar refractivity (Wildman–Crippen MR) is 71.5 cm³/mol. The smallest absolute Gasteiger partial charge is 0.214 e. The largest absolute Gasteiger partial charge is 0.320 e. The molecule has 0 radical (unpaired) electrons. The maximum Gasteiger partial charge on any atom is 0.214 e. The first-order valence-electron chi connectivity index (χ1n) is 6.65. The van der Waals surface area contributed by atoms with Crippen LogP contribution in [0.2, 0.25) is 0 Å². The molecule has 2 atom stereocenters. The molecule has 1 N–H and O–H groups in total. The number of nitrogens with one attached hydrogen (secondary N) is 1. The van der Waals surface area contributed by atoms with Crippen LogP contribution >= 0.6 is 0 Å². The number of hydrogen-bond acceptors (Lipinski definition) is 3. The van der Waals surface area contributed by atoms with E-state index < -0.39 is 10.0 Å². The van der Waals surface area contributed by atoms with Gasteiger partial charge in [0.25, 0.3) is 0 Å². The number of hydrogen-bond donors (Lipinski definition) is 1. The van der Waals surface area contributed by atoms with E-state index in [1.165, 1.54) is 6.42 Å². The second kappa shape index (κ2) is 6.71. The van der Waals surface area contributed by atoms with Crippen molar-refractivity contribution in [1.29, 1.82) is 0 Å². The molecule has 0 spiro atoms. The molecule has 0 aromatic heterocycles. The van der Waals surface area contributed by atoms with Crippen LogP contribution in [-0.2, 0) is 10.0 Å². The molecule has 1 aliphatic heterocycles. The Morgan fingerprint density at radius 2 is 2.06 bits per heavy atom. The zero-order valence-electron chi connectivity index (χ0n) is 11.3. The lowest BCUT2D eigenvalue weighted by Gasteiger charge is -2.36. The Morgan fingerprint density at radius 1 is 1.35 bits per heavy atom. The summed E-state index contributed by atoms with van der Waals surface area (Å²) in [6.45, 7) is 5.66. The van der Waals surface area contributed by atoms with E-state index in [-0.39, 0.29) is 11.8 Å². The minimum Gasteiger partial charge on any atom is -0.320 e. The normalized spacial score (nSPS) is 27.2. The molecule has 0 bridgehead atoms. The number of piperidine rings is 1. The first-order valence-corrected chi connectivity index (χ1v) is 8.26. The van der Waals surface area contributed by atoms with E-state index in [0.717, 1.165) is 25.9 Å². The molecule has 0 aromatic rings. The standard InChI is InChI=1S/C12H26N2O2S/c1-4-12-7-6-11(2)14(10-12)17(15,16)9-5-8-13-3/h11-13H,4-10H2,1-3H3. The highest BCUT2D eigenvalue weighted by Gasteiger charge is 2.32. The van der Waals surface area contributed by atoms with Crippen LogP contribution in [0.5, 0.6) is 0 Å². The van der Waals surface area contributed by atoms with Crippen LogP contribution in [0.3, 0.4) is 0 Å². The quantitative estimate of drug-likeness (QED) is 0.737. The number of rotatable bonds is 6. The predicted octanol–water partition coefficient (Wildman–Crippen LogP) is 1.44. The summed E-state index contributed by atoms with van der Waals surface area (Å²) in [5.74, 6) is 0.819. The van der Waals surface area contributed by atoms with Gasteiger partial charge < -0.3 is 5.32 Å². The van der Waals surface area contributed by atoms with E-state index >= 15 is 0 Å². The Bertz CT molecular complexity index is 316. The van der Waals surface area contributed by atoms with Crippen LogP contribution < -0.4 is 5.32 Å². The summed E-state index contributed by atoms with van der Waals surface area (Å²) in [6.07, 6.45) is 3.94. The molecule has 0 saturated carbocycles. The van der Waals surface area contributed by atoms with Crippen LogP contribution in [0, 0.1) is 5.92 Å². The van der Waals surface area contributed by atoms with Crippen LogP contribution in [0.25, 0.3) is 0 Å². The Morgan fingerprint density at radius 3 is 2.65 bits per heavy atom. The summed E-state index contributed by atoms with van der Waals surface area (Å²) in [5, 5.41) is 2.99. The molecule has 0 aromatic carbocycles. The topological polar surface area (TPSA) is 49.4 Å². The van der Waals surface area contributed by atoms with Crippen molar-refractivity contribution in [1.82, 2.24) is 9.62 Å². The second-order valence-electron chi connectivity index (χ2n) is 5.04. The Balaban J connectivity index is 2.61. The third-order valence-corrected chi connectivity index (χ3v) is 5.71. The minimum atomic E-state index is -3.05. The average molecular weight is 262 g/mol. The van der Waals surface area contributed by atoms with Gasteiger partial charge in [-0.05, 0) is 45.7 Å². The molecule has 0 aliphatic carbocycles. The Kier molecular flexibility index (Phi) is 5.89. The van der Waals surface area contributed by atoms with Crippen molar-refractivity contribution in [3.05, 3.63) is 0 Å². The summed E-state index contributed by atoms with van der Waals surface area (Å²) in [5.41, 5.74) is 0. The van der Waals surface area contributed by atoms with Crippen LogP contribution in [-0.4, -0.2) is 44.7 Å². The molecule has 2 unspecified atom stereocenters. The molecule has 1 heterocycles. The van der Waals surface area contributed by atoms with E-state index in [0.29, 0.717) is 12.3 Å². The lowest BCUT2D eigenvalue weighted by Crippen LogP contribution is -2.46. The molecule has 1 saturated heterocycles. The van der Waals surface area contributed by atoms with Crippen molar-refractivity contribution in [2.75, 3.05) is 25.9 Å². The third kappa shape index (κ3) is 4.23. The van der Waals surface area contributed by atoms with Gasteiger partial charge in [0.15, 0.2) is 0 Å². The van der Waals surface area contributed by atoms with Gasteiger partial charge in [0.2, 0.25) is 10.0 Å². The van der Waals surface area contributed by atoms with Crippen molar-refractivity contribution in [3.63, 3.8) is 0 Å². The van der Waals surface area contributed by atoms with Crippen molar-refractivity contribution in [2.24, 2.45) is 5.92 Å². The zero-order chi connectivity index (χ0) is 12.9. The fourth-order valence-corrected chi connectivity index (χ4v) is 4.25. The average Bonchev–Trinajstić information content (AvgIpc) is 2.29. The van der Waals surface area contributed by atoms with Gasteiger partial charge in [0.05, 0.1) is 5.75 Å². The van der Waals surface area contributed by atoms with Gasteiger partial charge >= 0.3 is 0 Å². The number of sulfonamides is 1. The molecular weight excluding hydrogens is 236 g/mol. The van der Waals surface area contributed by atoms with Gasteiger partial charge in [-0.1, -0.05) is 13.3 Å². The first kappa shape index (κ1) is 14.9. The maximum absolute atomic E-state index is 12.2. The third-order valence-electron chi connectivity index (χ3n) is 3.69. The van der Waals surface area contributed by atoms with E-state index in [2.05, 4.69) is 12.2 Å². The lowest BCUT2D eigenvalue weighted by atomic mass is 9.93. The SMILES string of the molecule is CCC1CCC(C)N(S(=O)(=O)CCCNC)C1. The van der Waals surface area contributed by atoms with E-state index in [1.54, 1.807) is 4.31 Å². The van der Waals surface area contributed by atoms with Crippen molar-refractivity contribution in [2.45, 2.75) is 45.6 Å². The zero-order valence-corrected chi connectivity index (χ0v) is 12.1. The highest BCUT2D eigenvalue weighted by molar-refractivity contribution is 7.89. The van der Waals surface area contributed by atoms with Crippen LogP contribution in [0.15, 0.2) is 0 Å².